The third-order valence-electron chi connectivity index (χ3n) is 3.94. The minimum Gasteiger partial charge on any atom is -0.469 e. The Hall–Kier alpha value is -1.69. The van der Waals surface area contributed by atoms with Crippen molar-refractivity contribution in [3.8, 4) is 0 Å². The molecule has 1 heterocycles. The van der Waals surface area contributed by atoms with E-state index in [0.29, 0.717) is 24.0 Å². The number of ether oxygens (including phenoxy) is 1. The van der Waals surface area contributed by atoms with Crippen LogP contribution in [-0.2, 0) is 19.1 Å². The Balaban J connectivity index is 2.16. The van der Waals surface area contributed by atoms with E-state index >= 15 is 0 Å². The highest BCUT2D eigenvalue weighted by molar-refractivity contribution is 6.19. The molecule has 6 heteroatoms. The molecule has 0 saturated heterocycles. The van der Waals surface area contributed by atoms with Crippen molar-refractivity contribution in [2.24, 2.45) is 5.92 Å². The molecule has 2 amide bonds. The first-order valence-corrected chi connectivity index (χ1v) is 6.81. The number of aliphatic hydroxyl groups is 1. The molecular formula is C14H19NO5. The first-order chi connectivity index (χ1) is 9.47. The first-order valence-electron chi connectivity index (χ1n) is 6.81. The number of esters is 1. The number of methoxy groups -OCH3 is 1. The molecule has 0 radical (unpaired) electrons. The predicted octanol–water partition coefficient (Wildman–Crippen LogP) is 0.396. The highest BCUT2D eigenvalue weighted by atomic mass is 16.5. The number of hydrogen-bond acceptors (Lipinski definition) is 5. The van der Waals surface area contributed by atoms with Gasteiger partial charge in [0.15, 0.2) is 0 Å². The third-order valence-corrected chi connectivity index (χ3v) is 3.94. The Morgan fingerprint density at radius 2 is 1.75 bits per heavy atom. The molecule has 0 fully saturated rings. The SMILES string of the molecule is COC(=O)[C@@H](CN1C(=O)C2=C(CCCC2)C1=O)[C@@H](C)O. The fourth-order valence-corrected chi connectivity index (χ4v) is 2.73. The van der Waals surface area contributed by atoms with Gasteiger partial charge in [-0.1, -0.05) is 0 Å². The van der Waals surface area contributed by atoms with Crippen molar-refractivity contribution in [3.05, 3.63) is 11.1 Å². The second-order valence-corrected chi connectivity index (χ2v) is 5.26. The van der Waals surface area contributed by atoms with Crippen molar-refractivity contribution in [2.45, 2.75) is 38.7 Å². The standard InChI is InChI=1S/C14H19NO5/c1-8(16)11(14(19)20-2)7-15-12(17)9-5-3-4-6-10(9)13(15)18/h8,11,16H,3-7H2,1-2H3/t8-,11+/m1/s1. The van der Waals surface area contributed by atoms with Gasteiger partial charge in [-0.05, 0) is 32.6 Å². The normalized spacial score (nSPS) is 21.9. The Morgan fingerprint density at radius 3 is 2.15 bits per heavy atom. The number of aliphatic hydroxyl groups excluding tert-OH is 1. The lowest BCUT2D eigenvalue weighted by atomic mass is 9.93. The van der Waals surface area contributed by atoms with Crippen LogP contribution in [0.1, 0.15) is 32.6 Å². The lowest BCUT2D eigenvalue weighted by Gasteiger charge is -2.23. The lowest BCUT2D eigenvalue weighted by molar-refractivity contribution is -0.151. The van der Waals surface area contributed by atoms with E-state index in [1.54, 1.807) is 0 Å². The molecule has 2 aliphatic rings. The van der Waals surface area contributed by atoms with Crippen LogP contribution >= 0.6 is 0 Å². The van der Waals surface area contributed by atoms with E-state index in [4.69, 9.17) is 0 Å². The molecule has 1 aliphatic carbocycles. The van der Waals surface area contributed by atoms with Crippen LogP contribution in [0.5, 0.6) is 0 Å². The van der Waals surface area contributed by atoms with Crippen LogP contribution in [0, 0.1) is 5.92 Å². The summed E-state index contributed by atoms with van der Waals surface area (Å²) in [6, 6.07) is 0. The fraction of sp³-hybridized carbons (Fsp3) is 0.643. The van der Waals surface area contributed by atoms with Crippen molar-refractivity contribution >= 4 is 17.8 Å². The van der Waals surface area contributed by atoms with Gasteiger partial charge in [0.1, 0.15) is 5.92 Å². The minimum atomic E-state index is -0.985. The van der Waals surface area contributed by atoms with Gasteiger partial charge in [-0.15, -0.1) is 0 Å². The van der Waals surface area contributed by atoms with Gasteiger partial charge < -0.3 is 9.84 Å². The zero-order chi connectivity index (χ0) is 14.9. The summed E-state index contributed by atoms with van der Waals surface area (Å²) < 4.78 is 4.61. The van der Waals surface area contributed by atoms with Crippen molar-refractivity contribution in [1.29, 1.82) is 0 Å². The monoisotopic (exact) mass is 281 g/mol. The van der Waals surface area contributed by atoms with E-state index in [1.807, 2.05) is 0 Å². The summed E-state index contributed by atoms with van der Waals surface area (Å²) in [6.45, 7) is 1.31. The van der Waals surface area contributed by atoms with Crippen LogP contribution in [0.2, 0.25) is 0 Å². The van der Waals surface area contributed by atoms with E-state index in [9.17, 15) is 19.5 Å². The van der Waals surface area contributed by atoms with Gasteiger partial charge in [0.2, 0.25) is 0 Å². The molecule has 1 N–H and O–H groups in total. The van der Waals surface area contributed by atoms with E-state index in [-0.39, 0.29) is 18.4 Å². The molecule has 1 aliphatic heterocycles. The van der Waals surface area contributed by atoms with E-state index in [0.717, 1.165) is 17.7 Å². The van der Waals surface area contributed by atoms with Gasteiger partial charge >= 0.3 is 5.97 Å². The summed E-state index contributed by atoms with van der Waals surface area (Å²) in [4.78, 5) is 37.2. The van der Waals surface area contributed by atoms with Crippen LogP contribution in [0.15, 0.2) is 11.1 Å². The molecule has 110 valence electrons. The van der Waals surface area contributed by atoms with Crippen LogP contribution in [0.3, 0.4) is 0 Å². The zero-order valence-corrected chi connectivity index (χ0v) is 11.7. The van der Waals surface area contributed by atoms with Gasteiger partial charge in [-0.2, -0.15) is 0 Å². The third kappa shape index (κ3) is 2.47. The Morgan fingerprint density at radius 1 is 1.25 bits per heavy atom. The fourth-order valence-electron chi connectivity index (χ4n) is 2.73. The van der Waals surface area contributed by atoms with Crippen LogP contribution in [0.25, 0.3) is 0 Å². The number of carbonyl (C=O) groups excluding carboxylic acids is 3. The molecule has 0 bridgehead atoms. The van der Waals surface area contributed by atoms with Gasteiger partial charge in [0.25, 0.3) is 11.8 Å². The van der Waals surface area contributed by atoms with Crippen molar-refractivity contribution in [3.63, 3.8) is 0 Å². The number of carbonyl (C=O) groups is 3. The average Bonchev–Trinajstić information content (AvgIpc) is 2.68. The van der Waals surface area contributed by atoms with Crippen LogP contribution in [-0.4, -0.2) is 47.5 Å². The molecule has 6 nitrogen and oxygen atoms in total. The summed E-state index contributed by atoms with van der Waals surface area (Å²) in [7, 11) is 1.22. The topological polar surface area (TPSA) is 83.9 Å². The maximum Gasteiger partial charge on any atom is 0.313 e. The summed E-state index contributed by atoms with van der Waals surface area (Å²) in [6.07, 6.45) is 2.06. The second-order valence-electron chi connectivity index (χ2n) is 5.26. The molecule has 0 unspecified atom stereocenters. The molecular weight excluding hydrogens is 262 g/mol. The molecule has 2 rings (SSSR count). The first kappa shape index (κ1) is 14.7. The molecule has 0 aromatic carbocycles. The van der Waals surface area contributed by atoms with Crippen molar-refractivity contribution in [2.75, 3.05) is 13.7 Å². The zero-order valence-electron chi connectivity index (χ0n) is 11.7. The Kier molecular flexibility index (Phi) is 4.23. The summed E-state index contributed by atoms with van der Waals surface area (Å²) in [5, 5.41) is 9.64. The van der Waals surface area contributed by atoms with E-state index < -0.39 is 18.0 Å². The predicted molar refractivity (Wildman–Crippen MR) is 69.4 cm³/mol. The smallest absolute Gasteiger partial charge is 0.313 e. The molecule has 20 heavy (non-hydrogen) atoms. The molecule has 2 atom stereocenters. The van der Waals surface area contributed by atoms with E-state index in [1.165, 1.54) is 14.0 Å². The average molecular weight is 281 g/mol. The molecule has 0 aromatic rings. The lowest BCUT2D eigenvalue weighted by Crippen LogP contribution is -2.42. The highest BCUT2D eigenvalue weighted by Gasteiger charge is 2.41. The summed E-state index contributed by atoms with van der Waals surface area (Å²) in [5.74, 6) is -2.17. The summed E-state index contributed by atoms with van der Waals surface area (Å²) in [5.41, 5.74) is 1.16. The van der Waals surface area contributed by atoms with Gasteiger partial charge in [0, 0.05) is 17.7 Å². The van der Waals surface area contributed by atoms with Crippen molar-refractivity contribution in [1.82, 2.24) is 4.90 Å². The summed E-state index contributed by atoms with van der Waals surface area (Å²) >= 11 is 0. The largest absolute Gasteiger partial charge is 0.469 e. The molecule has 0 spiro atoms. The Labute approximate surface area is 117 Å². The highest BCUT2D eigenvalue weighted by Crippen LogP contribution is 2.33. The minimum absolute atomic E-state index is 0.130. The number of hydrogen-bond donors (Lipinski definition) is 1. The van der Waals surface area contributed by atoms with Crippen molar-refractivity contribution < 1.29 is 24.2 Å². The van der Waals surface area contributed by atoms with E-state index in [2.05, 4.69) is 4.74 Å². The number of nitrogens with zero attached hydrogens (tertiary/aromatic N) is 1. The molecule has 0 saturated carbocycles. The number of imide groups is 1. The van der Waals surface area contributed by atoms with Crippen LogP contribution in [0.4, 0.5) is 0 Å². The van der Waals surface area contributed by atoms with Gasteiger partial charge in [-0.3, -0.25) is 19.3 Å². The Bertz CT molecular complexity index is 452. The quantitative estimate of drug-likeness (QED) is 0.595. The van der Waals surface area contributed by atoms with Gasteiger partial charge in [-0.25, -0.2) is 0 Å². The maximum atomic E-state index is 12.2. The van der Waals surface area contributed by atoms with Crippen LogP contribution < -0.4 is 0 Å². The molecule has 0 aromatic heterocycles. The van der Waals surface area contributed by atoms with Gasteiger partial charge in [0.05, 0.1) is 13.2 Å². The number of rotatable bonds is 4. The second kappa shape index (κ2) is 5.75. The number of amides is 2. The maximum absolute atomic E-state index is 12.2.